The molecule has 4 heterocycles. The van der Waals surface area contributed by atoms with Crippen LogP contribution >= 0.6 is 12.4 Å². The van der Waals surface area contributed by atoms with Crippen molar-refractivity contribution in [2.45, 2.75) is 37.9 Å². The van der Waals surface area contributed by atoms with Gasteiger partial charge in [0.15, 0.2) is 0 Å². The van der Waals surface area contributed by atoms with Gasteiger partial charge in [0.25, 0.3) is 0 Å². The van der Waals surface area contributed by atoms with Gasteiger partial charge in [-0.25, -0.2) is 14.4 Å². The van der Waals surface area contributed by atoms with Gasteiger partial charge in [0, 0.05) is 55.5 Å². The zero-order valence-electron chi connectivity index (χ0n) is 16.5. The number of anilines is 1. The molecule has 0 N–H and O–H groups in total. The molecule has 6 nitrogen and oxygen atoms in total. The molecule has 29 heavy (non-hydrogen) atoms. The number of benzene rings is 1. The van der Waals surface area contributed by atoms with Crippen LogP contribution in [0.15, 0.2) is 24.4 Å². The molecule has 0 radical (unpaired) electrons. The van der Waals surface area contributed by atoms with Crippen molar-refractivity contribution >= 4 is 18.4 Å². The number of hydrogen-bond donors (Lipinski definition) is 0. The lowest BCUT2D eigenvalue weighted by Crippen LogP contribution is -2.40. The highest BCUT2D eigenvalue weighted by atomic mass is 35.5. The average Bonchev–Trinajstić information content (AvgIpc) is 3.01. The highest BCUT2D eigenvalue weighted by Crippen LogP contribution is 2.44. The second-order valence-electron chi connectivity index (χ2n) is 7.75. The van der Waals surface area contributed by atoms with E-state index in [1.165, 1.54) is 11.6 Å². The lowest BCUT2D eigenvalue weighted by molar-refractivity contribution is 0.122. The van der Waals surface area contributed by atoms with Crippen LogP contribution in [-0.2, 0) is 17.7 Å². The predicted molar refractivity (Wildman–Crippen MR) is 110 cm³/mol. The Bertz CT molecular complexity index is 878. The van der Waals surface area contributed by atoms with Crippen molar-refractivity contribution in [3.8, 4) is 5.75 Å². The van der Waals surface area contributed by atoms with Crippen LogP contribution in [0.1, 0.15) is 35.7 Å². The van der Waals surface area contributed by atoms with Crippen LogP contribution < -0.4 is 9.64 Å². The Morgan fingerprint density at radius 2 is 2.07 bits per heavy atom. The fraction of sp³-hybridized carbons (Fsp3) is 0.524. The summed E-state index contributed by atoms with van der Waals surface area (Å²) < 4.78 is 25.1. The minimum absolute atomic E-state index is 0. The molecule has 2 saturated heterocycles. The summed E-state index contributed by atoms with van der Waals surface area (Å²) >= 11 is 0. The van der Waals surface area contributed by atoms with E-state index in [9.17, 15) is 4.39 Å². The Kier molecular flexibility index (Phi) is 5.90. The van der Waals surface area contributed by atoms with Crippen LogP contribution in [0.3, 0.4) is 0 Å². The third kappa shape index (κ3) is 3.79. The van der Waals surface area contributed by atoms with Crippen molar-refractivity contribution in [3.05, 3.63) is 47.0 Å². The van der Waals surface area contributed by atoms with Gasteiger partial charge in [0.2, 0.25) is 5.95 Å². The van der Waals surface area contributed by atoms with E-state index in [1.54, 1.807) is 13.2 Å². The summed E-state index contributed by atoms with van der Waals surface area (Å²) in [5.74, 6) is 1.33. The Morgan fingerprint density at radius 3 is 2.86 bits per heavy atom. The summed E-state index contributed by atoms with van der Waals surface area (Å²) in [5.41, 5.74) is 3.05. The molecule has 1 aromatic heterocycles. The molecule has 2 fully saturated rings. The highest BCUT2D eigenvalue weighted by molar-refractivity contribution is 5.85. The van der Waals surface area contributed by atoms with Crippen molar-refractivity contribution in [2.24, 2.45) is 0 Å². The molecule has 2 unspecified atom stereocenters. The van der Waals surface area contributed by atoms with Crippen molar-refractivity contribution in [1.29, 1.82) is 0 Å². The third-order valence-corrected chi connectivity index (χ3v) is 6.22. The van der Waals surface area contributed by atoms with E-state index in [0.717, 1.165) is 57.2 Å². The van der Waals surface area contributed by atoms with Crippen molar-refractivity contribution in [1.82, 2.24) is 14.9 Å². The molecule has 1 aromatic carbocycles. The number of aromatic nitrogens is 2. The van der Waals surface area contributed by atoms with Crippen molar-refractivity contribution in [2.75, 3.05) is 38.3 Å². The van der Waals surface area contributed by atoms with Gasteiger partial charge in [0.1, 0.15) is 11.6 Å². The van der Waals surface area contributed by atoms with Gasteiger partial charge in [-0.1, -0.05) is 0 Å². The van der Waals surface area contributed by atoms with Crippen LogP contribution in [-0.4, -0.2) is 54.3 Å². The molecule has 156 valence electrons. The molecule has 0 aliphatic carbocycles. The number of nitrogens with zero attached hydrogens (tertiary/aromatic N) is 4. The Hall–Kier alpha value is -1.96. The van der Waals surface area contributed by atoms with E-state index in [0.29, 0.717) is 23.9 Å². The van der Waals surface area contributed by atoms with Crippen LogP contribution in [0, 0.1) is 5.82 Å². The van der Waals surface area contributed by atoms with Crippen LogP contribution in [0.5, 0.6) is 5.75 Å². The lowest BCUT2D eigenvalue weighted by Gasteiger charge is -2.36. The van der Waals surface area contributed by atoms with Gasteiger partial charge in [-0.2, -0.15) is 0 Å². The smallest absolute Gasteiger partial charge is 0.225 e. The summed E-state index contributed by atoms with van der Waals surface area (Å²) in [4.78, 5) is 14.2. The fourth-order valence-electron chi connectivity index (χ4n) is 4.72. The van der Waals surface area contributed by atoms with E-state index in [2.05, 4.69) is 14.8 Å². The van der Waals surface area contributed by atoms with E-state index in [-0.39, 0.29) is 24.3 Å². The summed E-state index contributed by atoms with van der Waals surface area (Å²) in [5, 5.41) is 0. The molecule has 0 spiro atoms. The topological polar surface area (TPSA) is 50.7 Å². The van der Waals surface area contributed by atoms with E-state index in [1.807, 2.05) is 12.3 Å². The zero-order valence-corrected chi connectivity index (χ0v) is 17.3. The number of ether oxygens (including phenoxy) is 2. The fourth-order valence-corrected chi connectivity index (χ4v) is 4.72. The maximum atomic E-state index is 14.4. The van der Waals surface area contributed by atoms with E-state index < -0.39 is 0 Å². The Labute approximate surface area is 176 Å². The quantitative estimate of drug-likeness (QED) is 0.757. The van der Waals surface area contributed by atoms with Gasteiger partial charge in [0.05, 0.1) is 26.0 Å². The molecule has 5 rings (SSSR count). The largest absolute Gasteiger partial charge is 0.497 e. The lowest BCUT2D eigenvalue weighted by atomic mass is 9.98. The molecule has 2 bridgehead atoms. The summed E-state index contributed by atoms with van der Waals surface area (Å²) in [6.07, 6.45) is 5.08. The first-order valence-corrected chi connectivity index (χ1v) is 9.99. The molecular weight excluding hydrogens is 395 g/mol. The molecule has 8 heteroatoms. The maximum Gasteiger partial charge on any atom is 0.225 e. The second-order valence-corrected chi connectivity index (χ2v) is 7.75. The first kappa shape index (κ1) is 20.3. The molecule has 0 amide bonds. The van der Waals surface area contributed by atoms with Gasteiger partial charge >= 0.3 is 0 Å². The molecule has 0 saturated carbocycles. The number of halogens is 2. The average molecular weight is 421 g/mol. The van der Waals surface area contributed by atoms with Crippen molar-refractivity contribution in [3.63, 3.8) is 0 Å². The van der Waals surface area contributed by atoms with E-state index in [4.69, 9.17) is 14.5 Å². The second kappa shape index (κ2) is 8.42. The number of rotatable bonds is 4. The van der Waals surface area contributed by atoms with Gasteiger partial charge in [-0.3, -0.25) is 4.90 Å². The molecule has 2 aromatic rings. The molecular formula is C21H26ClFN4O2. The summed E-state index contributed by atoms with van der Waals surface area (Å²) in [6.45, 7) is 3.72. The minimum atomic E-state index is -0.176. The first-order chi connectivity index (χ1) is 13.7. The normalized spacial score (nSPS) is 23.4. The van der Waals surface area contributed by atoms with Gasteiger partial charge in [-0.05, 0) is 31.0 Å². The number of hydrogen-bond acceptors (Lipinski definition) is 6. The highest BCUT2D eigenvalue weighted by Gasteiger charge is 2.41. The number of fused-ring (bicyclic) bond motifs is 4. The third-order valence-electron chi connectivity index (χ3n) is 6.22. The molecule has 2 atom stereocenters. The SMILES string of the molecule is COc1ccc(F)c(CN2C3CCC2c2cnc(N4CCOCC4)nc2C3)c1.Cl. The number of methoxy groups -OCH3 is 1. The van der Waals surface area contributed by atoms with Crippen LogP contribution in [0.25, 0.3) is 0 Å². The van der Waals surface area contributed by atoms with Crippen molar-refractivity contribution < 1.29 is 13.9 Å². The van der Waals surface area contributed by atoms with Crippen LogP contribution in [0.2, 0.25) is 0 Å². The van der Waals surface area contributed by atoms with Gasteiger partial charge < -0.3 is 14.4 Å². The van der Waals surface area contributed by atoms with Crippen LogP contribution in [0.4, 0.5) is 10.3 Å². The zero-order chi connectivity index (χ0) is 19.1. The van der Waals surface area contributed by atoms with E-state index >= 15 is 0 Å². The Balaban J connectivity index is 0.00000205. The first-order valence-electron chi connectivity index (χ1n) is 9.99. The summed E-state index contributed by atoms with van der Waals surface area (Å²) in [7, 11) is 1.61. The monoisotopic (exact) mass is 420 g/mol. The molecule has 3 aliphatic heterocycles. The summed E-state index contributed by atoms with van der Waals surface area (Å²) in [6, 6.07) is 5.63. The number of morpholine rings is 1. The standard InChI is InChI=1S/C21H25FN4O2.ClH/c1-27-16-3-4-18(22)14(10-16)13-26-15-2-5-20(26)17-12-23-21(24-19(17)11-15)25-6-8-28-9-7-25;/h3-4,10,12,15,20H,2,5-9,11,13H2,1H3;1H. The Morgan fingerprint density at radius 1 is 1.24 bits per heavy atom. The molecule has 3 aliphatic rings. The maximum absolute atomic E-state index is 14.4. The minimum Gasteiger partial charge on any atom is -0.497 e. The predicted octanol–water partition coefficient (Wildman–Crippen LogP) is 3.14. The van der Waals surface area contributed by atoms with Gasteiger partial charge in [-0.15, -0.1) is 12.4 Å².